The van der Waals surface area contributed by atoms with E-state index in [-0.39, 0.29) is 5.82 Å². The van der Waals surface area contributed by atoms with Crippen molar-refractivity contribution in [1.82, 2.24) is 14.9 Å². The number of benzene rings is 1. The third-order valence-electron chi connectivity index (χ3n) is 4.17. The van der Waals surface area contributed by atoms with Crippen LogP contribution in [0.1, 0.15) is 22.4 Å². The van der Waals surface area contributed by atoms with E-state index in [2.05, 4.69) is 9.97 Å². The maximum atomic E-state index is 13.2. The minimum atomic E-state index is -4.69. The van der Waals surface area contributed by atoms with Crippen molar-refractivity contribution in [3.63, 3.8) is 0 Å². The van der Waals surface area contributed by atoms with Gasteiger partial charge < -0.3 is 9.40 Å². The van der Waals surface area contributed by atoms with Crippen molar-refractivity contribution in [2.45, 2.75) is 26.2 Å². The first-order valence-electron chi connectivity index (χ1n) is 8.21. The highest BCUT2D eigenvalue weighted by Crippen LogP contribution is 2.30. The molecular formula is C19H18F3N3O2. The van der Waals surface area contributed by atoms with E-state index in [4.69, 9.17) is 4.42 Å². The van der Waals surface area contributed by atoms with E-state index in [1.807, 2.05) is 18.0 Å². The molecule has 0 aliphatic rings. The fraction of sp³-hybridized carbons (Fsp3) is 0.263. The summed E-state index contributed by atoms with van der Waals surface area (Å²) in [5.41, 5.74) is -0.212. The molecule has 0 unspecified atom stereocenters. The Labute approximate surface area is 153 Å². The lowest BCUT2D eigenvalue weighted by Gasteiger charge is -2.18. The van der Waals surface area contributed by atoms with Crippen molar-refractivity contribution >= 4 is 0 Å². The summed E-state index contributed by atoms with van der Waals surface area (Å²) < 4.78 is 44.7. The van der Waals surface area contributed by atoms with Crippen LogP contribution in [0.25, 0.3) is 11.4 Å². The zero-order valence-electron chi connectivity index (χ0n) is 14.8. The molecule has 8 heteroatoms. The Morgan fingerprint density at radius 1 is 1.19 bits per heavy atom. The molecule has 142 valence electrons. The van der Waals surface area contributed by atoms with Crippen molar-refractivity contribution in [1.29, 1.82) is 0 Å². The standard InChI is InChI=1S/C19H18F3N3O2/c1-12-16(19(20,21)22)23-17(24-18(12)26)15-6-4-3-5-14(15)10-25(2)9-13-7-8-27-11-13/h3-8,11H,9-10H2,1-2H3,(H,23,24,26). The summed E-state index contributed by atoms with van der Waals surface area (Å²) in [6, 6.07) is 8.78. The molecule has 0 spiro atoms. The van der Waals surface area contributed by atoms with Crippen molar-refractivity contribution in [2.24, 2.45) is 0 Å². The Morgan fingerprint density at radius 2 is 1.93 bits per heavy atom. The van der Waals surface area contributed by atoms with E-state index in [9.17, 15) is 18.0 Å². The van der Waals surface area contributed by atoms with Gasteiger partial charge in [0.2, 0.25) is 0 Å². The number of aromatic amines is 1. The summed E-state index contributed by atoms with van der Waals surface area (Å²) in [5, 5.41) is 0. The molecule has 0 atom stereocenters. The Balaban J connectivity index is 1.96. The SMILES string of the molecule is Cc1c(C(F)(F)F)nc(-c2ccccc2CN(C)Cc2ccoc2)[nH]c1=O. The molecule has 3 aromatic rings. The summed E-state index contributed by atoms with van der Waals surface area (Å²) >= 11 is 0. The molecule has 0 saturated carbocycles. The molecule has 1 N–H and O–H groups in total. The van der Waals surface area contributed by atoms with Gasteiger partial charge in [-0.3, -0.25) is 9.69 Å². The molecule has 5 nitrogen and oxygen atoms in total. The van der Waals surface area contributed by atoms with E-state index in [0.29, 0.717) is 18.7 Å². The monoisotopic (exact) mass is 377 g/mol. The number of nitrogens with zero attached hydrogens (tertiary/aromatic N) is 2. The van der Waals surface area contributed by atoms with Crippen molar-refractivity contribution in [2.75, 3.05) is 7.05 Å². The lowest BCUT2D eigenvalue weighted by Crippen LogP contribution is -2.22. The number of rotatable bonds is 5. The van der Waals surface area contributed by atoms with Gasteiger partial charge >= 0.3 is 6.18 Å². The summed E-state index contributed by atoms with van der Waals surface area (Å²) in [4.78, 5) is 20.2. The van der Waals surface area contributed by atoms with Crippen molar-refractivity contribution in [3.8, 4) is 11.4 Å². The summed E-state index contributed by atoms with van der Waals surface area (Å²) in [6.07, 6.45) is -1.48. The highest BCUT2D eigenvalue weighted by atomic mass is 19.4. The molecular weight excluding hydrogens is 359 g/mol. The number of hydrogen-bond acceptors (Lipinski definition) is 4. The average Bonchev–Trinajstić information content (AvgIpc) is 3.09. The lowest BCUT2D eigenvalue weighted by molar-refractivity contribution is -0.141. The van der Waals surface area contributed by atoms with E-state index in [1.54, 1.807) is 36.8 Å². The largest absolute Gasteiger partial charge is 0.472 e. The highest BCUT2D eigenvalue weighted by Gasteiger charge is 2.36. The van der Waals surface area contributed by atoms with Gasteiger partial charge in [0.25, 0.3) is 5.56 Å². The fourth-order valence-corrected chi connectivity index (χ4v) is 2.87. The maximum absolute atomic E-state index is 13.2. The number of hydrogen-bond donors (Lipinski definition) is 1. The number of halogens is 3. The van der Waals surface area contributed by atoms with Gasteiger partial charge in [-0.15, -0.1) is 0 Å². The van der Waals surface area contributed by atoms with Gasteiger partial charge in [-0.25, -0.2) is 4.98 Å². The van der Waals surface area contributed by atoms with Gasteiger partial charge in [0.15, 0.2) is 5.69 Å². The second kappa shape index (κ2) is 7.40. The van der Waals surface area contributed by atoms with Crippen LogP contribution < -0.4 is 5.56 Å². The van der Waals surface area contributed by atoms with Gasteiger partial charge in [0, 0.05) is 29.8 Å². The first kappa shape index (κ1) is 18.9. The Hall–Kier alpha value is -2.87. The van der Waals surface area contributed by atoms with E-state index in [0.717, 1.165) is 18.1 Å². The van der Waals surface area contributed by atoms with Gasteiger partial charge in [-0.05, 0) is 25.6 Å². The lowest BCUT2D eigenvalue weighted by atomic mass is 10.1. The third kappa shape index (κ3) is 4.28. The second-order valence-corrected chi connectivity index (χ2v) is 6.35. The number of H-pyrrole nitrogens is 1. The van der Waals surface area contributed by atoms with Crippen LogP contribution in [0.4, 0.5) is 13.2 Å². The van der Waals surface area contributed by atoms with Gasteiger partial charge in [0.05, 0.1) is 12.5 Å². The summed E-state index contributed by atoms with van der Waals surface area (Å²) in [5.74, 6) is -0.0924. The minimum absolute atomic E-state index is 0.0924. The van der Waals surface area contributed by atoms with Crippen LogP contribution in [0.2, 0.25) is 0 Å². The second-order valence-electron chi connectivity index (χ2n) is 6.35. The van der Waals surface area contributed by atoms with Crippen LogP contribution >= 0.6 is 0 Å². The van der Waals surface area contributed by atoms with E-state index >= 15 is 0 Å². The Morgan fingerprint density at radius 3 is 2.59 bits per heavy atom. The molecule has 2 aromatic heterocycles. The molecule has 2 heterocycles. The predicted molar refractivity (Wildman–Crippen MR) is 93.9 cm³/mol. The summed E-state index contributed by atoms with van der Waals surface area (Å²) in [7, 11) is 1.89. The Bertz CT molecular complexity index is 979. The molecule has 3 rings (SSSR count). The third-order valence-corrected chi connectivity index (χ3v) is 4.17. The van der Waals surface area contributed by atoms with Gasteiger partial charge in [-0.1, -0.05) is 24.3 Å². The molecule has 0 fully saturated rings. The first-order valence-corrected chi connectivity index (χ1v) is 8.21. The van der Waals surface area contributed by atoms with E-state index in [1.165, 1.54) is 0 Å². The number of furan rings is 1. The van der Waals surface area contributed by atoms with Crippen molar-refractivity contribution in [3.05, 3.63) is 75.6 Å². The normalized spacial score (nSPS) is 11.9. The van der Waals surface area contributed by atoms with Crippen LogP contribution in [-0.2, 0) is 19.3 Å². The molecule has 0 radical (unpaired) electrons. The molecule has 0 aliphatic heterocycles. The maximum Gasteiger partial charge on any atom is 0.433 e. The van der Waals surface area contributed by atoms with Crippen molar-refractivity contribution < 1.29 is 17.6 Å². The van der Waals surface area contributed by atoms with Gasteiger partial charge in [-0.2, -0.15) is 13.2 Å². The van der Waals surface area contributed by atoms with Crippen LogP contribution in [0, 0.1) is 6.92 Å². The number of aromatic nitrogens is 2. The molecule has 0 amide bonds. The number of nitrogens with one attached hydrogen (secondary N) is 1. The zero-order chi connectivity index (χ0) is 19.6. The highest BCUT2D eigenvalue weighted by molar-refractivity contribution is 5.60. The molecule has 1 aromatic carbocycles. The predicted octanol–water partition coefficient (Wildman–Crippen LogP) is 3.99. The fourth-order valence-electron chi connectivity index (χ4n) is 2.87. The van der Waals surface area contributed by atoms with Crippen LogP contribution in [0.5, 0.6) is 0 Å². The summed E-state index contributed by atoms with van der Waals surface area (Å²) in [6.45, 7) is 2.18. The molecule has 27 heavy (non-hydrogen) atoms. The number of alkyl halides is 3. The minimum Gasteiger partial charge on any atom is -0.472 e. The first-order chi connectivity index (χ1) is 12.8. The molecule has 0 saturated heterocycles. The quantitative estimate of drug-likeness (QED) is 0.730. The van der Waals surface area contributed by atoms with Crippen LogP contribution in [0.3, 0.4) is 0 Å². The van der Waals surface area contributed by atoms with E-state index < -0.39 is 23.0 Å². The topological polar surface area (TPSA) is 62.1 Å². The zero-order valence-corrected chi connectivity index (χ0v) is 14.8. The van der Waals surface area contributed by atoms with Crippen LogP contribution in [-0.4, -0.2) is 21.9 Å². The molecule has 0 aliphatic carbocycles. The molecule has 0 bridgehead atoms. The average molecular weight is 377 g/mol. The van der Waals surface area contributed by atoms with Gasteiger partial charge in [0.1, 0.15) is 5.82 Å². The Kier molecular flexibility index (Phi) is 5.18. The van der Waals surface area contributed by atoms with Crippen LogP contribution in [0.15, 0.2) is 52.1 Å². The smallest absolute Gasteiger partial charge is 0.433 e.